The zero-order valence-electron chi connectivity index (χ0n) is 12.4. The van der Waals surface area contributed by atoms with Crippen molar-refractivity contribution in [1.29, 1.82) is 0 Å². The summed E-state index contributed by atoms with van der Waals surface area (Å²) < 4.78 is 0. The standard InChI is InChI=1S/C14H22N4O2/c1-9-7-17(12(4)20)8-10(2)18(9)13-5-6-15-14(16-13)11(3)19/h5-6,9-11,19H,7-8H2,1-4H3/t9-,10+,11-/m1/s1. The summed E-state index contributed by atoms with van der Waals surface area (Å²) in [6.07, 6.45) is 0.986. The van der Waals surface area contributed by atoms with Crippen LogP contribution in [0.2, 0.25) is 0 Å². The highest BCUT2D eigenvalue weighted by Gasteiger charge is 2.31. The highest BCUT2D eigenvalue weighted by Crippen LogP contribution is 2.23. The average molecular weight is 278 g/mol. The summed E-state index contributed by atoms with van der Waals surface area (Å²) in [6.45, 7) is 8.79. The number of hydrogen-bond acceptors (Lipinski definition) is 5. The van der Waals surface area contributed by atoms with E-state index in [1.807, 2.05) is 11.0 Å². The van der Waals surface area contributed by atoms with Gasteiger partial charge >= 0.3 is 0 Å². The molecule has 6 nitrogen and oxygen atoms in total. The van der Waals surface area contributed by atoms with Gasteiger partial charge in [0.2, 0.25) is 5.91 Å². The molecule has 0 unspecified atom stereocenters. The lowest BCUT2D eigenvalue weighted by Crippen LogP contribution is -2.58. The predicted octanol–water partition coefficient (Wildman–Crippen LogP) is 0.975. The highest BCUT2D eigenvalue weighted by molar-refractivity contribution is 5.73. The number of nitrogens with zero attached hydrogens (tertiary/aromatic N) is 4. The third kappa shape index (κ3) is 2.90. The number of rotatable bonds is 2. The van der Waals surface area contributed by atoms with Crippen LogP contribution in [0.25, 0.3) is 0 Å². The van der Waals surface area contributed by atoms with Crippen molar-refractivity contribution in [3.63, 3.8) is 0 Å². The molecule has 1 aliphatic heterocycles. The number of carbonyl (C=O) groups is 1. The molecule has 0 spiro atoms. The van der Waals surface area contributed by atoms with Gasteiger partial charge in [0.1, 0.15) is 11.9 Å². The van der Waals surface area contributed by atoms with Crippen LogP contribution in [0.1, 0.15) is 39.6 Å². The Morgan fingerprint density at radius 3 is 2.50 bits per heavy atom. The van der Waals surface area contributed by atoms with Gasteiger partial charge in [-0.25, -0.2) is 9.97 Å². The van der Waals surface area contributed by atoms with E-state index in [0.717, 1.165) is 5.82 Å². The second kappa shape index (κ2) is 5.75. The van der Waals surface area contributed by atoms with E-state index >= 15 is 0 Å². The first-order valence-electron chi connectivity index (χ1n) is 6.95. The molecule has 2 heterocycles. The van der Waals surface area contributed by atoms with Crippen molar-refractivity contribution >= 4 is 11.7 Å². The maximum absolute atomic E-state index is 11.5. The molecule has 0 aromatic carbocycles. The van der Waals surface area contributed by atoms with Crippen LogP contribution in [0.5, 0.6) is 0 Å². The molecule has 6 heteroatoms. The van der Waals surface area contributed by atoms with E-state index < -0.39 is 6.10 Å². The van der Waals surface area contributed by atoms with Crippen molar-refractivity contribution in [3.8, 4) is 0 Å². The Morgan fingerprint density at radius 1 is 1.40 bits per heavy atom. The molecule has 3 atom stereocenters. The zero-order chi connectivity index (χ0) is 14.9. The molecule has 1 amide bonds. The van der Waals surface area contributed by atoms with Gasteiger partial charge in [-0.15, -0.1) is 0 Å². The topological polar surface area (TPSA) is 69.6 Å². The summed E-state index contributed by atoms with van der Waals surface area (Å²) in [6, 6.07) is 2.21. The van der Waals surface area contributed by atoms with Crippen molar-refractivity contribution in [3.05, 3.63) is 18.1 Å². The first kappa shape index (κ1) is 14.7. The van der Waals surface area contributed by atoms with Gasteiger partial charge in [0.15, 0.2) is 5.82 Å². The van der Waals surface area contributed by atoms with Gasteiger partial charge in [-0.2, -0.15) is 0 Å². The fourth-order valence-corrected chi connectivity index (χ4v) is 2.74. The number of amides is 1. The summed E-state index contributed by atoms with van der Waals surface area (Å²) in [4.78, 5) is 24.1. The second-order valence-corrected chi connectivity index (χ2v) is 5.48. The molecular formula is C14H22N4O2. The molecule has 0 bridgehead atoms. The van der Waals surface area contributed by atoms with E-state index in [1.165, 1.54) is 0 Å². The number of aromatic nitrogens is 2. The average Bonchev–Trinajstić information content (AvgIpc) is 2.38. The lowest BCUT2D eigenvalue weighted by Gasteiger charge is -2.45. The number of hydrogen-bond donors (Lipinski definition) is 1. The first-order chi connectivity index (χ1) is 9.40. The Labute approximate surface area is 119 Å². The summed E-state index contributed by atoms with van der Waals surface area (Å²) >= 11 is 0. The minimum atomic E-state index is -0.681. The van der Waals surface area contributed by atoms with Crippen LogP contribution in [-0.2, 0) is 4.79 Å². The molecule has 0 aliphatic carbocycles. The normalized spacial score (nSPS) is 24.6. The van der Waals surface area contributed by atoms with Gasteiger partial charge < -0.3 is 14.9 Å². The smallest absolute Gasteiger partial charge is 0.219 e. The van der Waals surface area contributed by atoms with Crippen molar-refractivity contribution < 1.29 is 9.90 Å². The van der Waals surface area contributed by atoms with Crippen LogP contribution in [0.4, 0.5) is 5.82 Å². The predicted molar refractivity (Wildman–Crippen MR) is 76.3 cm³/mol. The number of piperazine rings is 1. The van der Waals surface area contributed by atoms with Crippen molar-refractivity contribution in [1.82, 2.24) is 14.9 Å². The summed E-state index contributed by atoms with van der Waals surface area (Å²) in [5.41, 5.74) is 0. The number of aliphatic hydroxyl groups is 1. The fourth-order valence-electron chi connectivity index (χ4n) is 2.74. The van der Waals surface area contributed by atoms with Gasteiger partial charge in [-0.3, -0.25) is 4.79 Å². The fraction of sp³-hybridized carbons (Fsp3) is 0.643. The summed E-state index contributed by atoms with van der Waals surface area (Å²) in [5, 5.41) is 9.60. The highest BCUT2D eigenvalue weighted by atomic mass is 16.3. The van der Waals surface area contributed by atoms with Gasteiger partial charge in [0, 0.05) is 38.3 Å². The Bertz CT molecular complexity index is 480. The van der Waals surface area contributed by atoms with Crippen molar-refractivity contribution in [2.45, 2.75) is 45.9 Å². The van der Waals surface area contributed by atoms with E-state index in [0.29, 0.717) is 18.9 Å². The van der Waals surface area contributed by atoms with Crippen LogP contribution in [0.15, 0.2) is 12.3 Å². The lowest BCUT2D eigenvalue weighted by molar-refractivity contribution is -0.130. The molecule has 1 aromatic heterocycles. The van der Waals surface area contributed by atoms with Crippen molar-refractivity contribution in [2.75, 3.05) is 18.0 Å². The minimum absolute atomic E-state index is 0.107. The largest absolute Gasteiger partial charge is 0.385 e. The lowest BCUT2D eigenvalue weighted by atomic mass is 10.1. The number of carbonyl (C=O) groups excluding carboxylic acids is 1. The van der Waals surface area contributed by atoms with Crippen molar-refractivity contribution in [2.24, 2.45) is 0 Å². The Kier molecular flexibility index (Phi) is 4.23. The molecule has 1 N–H and O–H groups in total. The zero-order valence-corrected chi connectivity index (χ0v) is 12.4. The molecule has 0 saturated carbocycles. The van der Waals surface area contributed by atoms with E-state index in [2.05, 4.69) is 28.7 Å². The molecule has 0 radical (unpaired) electrons. The third-order valence-corrected chi connectivity index (χ3v) is 3.66. The van der Waals surface area contributed by atoms with E-state index in [9.17, 15) is 9.90 Å². The maximum atomic E-state index is 11.5. The molecule has 1 aliphatic rings. The molecule has 110 valence electrons. The van der Waals surface area contributed by atoms with Crippen LogP contribution in [0, 0.1) is 0 Å². The second-order valence-electron chi connectivity index (χ2n) is 5.48. The van der Waals surface area contributed by atoms with E-state index in [-0.39, 0.29) is 18.0 Å². The van der Waals surface area contributed by atoms with Gasteiger partial charge in [-0.05, 0) is 26.8 Å². The SMILES string of the molecule is CC(=O)N1C[C@@H](C)N(c2ccnc([C@@H](C)O)n2)[C@@H](C)C1. The summed E-state index contributed by atoms with van der Waals surface area (Å²) in [7, 11) is 0. The molecular weight excluding hydrogens is 256 g/mol. The Morgan fingerprint density at radius 2 is 2.00 bits per heavy atom. The van der Waals surface area contributed by atoms with Crippen LogP contribution < -0.4 is 4.90 Å². The van der Waals surface area contributed by atoms with Gasteiger partial charge in [-0.1, -0.05) is 0 Å². The van der Waals surface area contributed by atoms with Gasteiger partial charge in [0.25, 0.3) is 0 Å². The number of aliphatic hydroxyl groups excluding tert-OH is 1. The maximum Gasteiger partial charge on any atom is 0.219 e. The molecule has 20 heavy (non-hydrogen) atoms. The molecule has 1 saturated heterocycles. The quantitative estimate of drug-likeness (QED) is 0.873. The Hall–Kier alpha value is -1.69. The number of anilines is 1. The third-order valence-electron chi connectivity index (χ3n) is 3.66. The van der Waals surface area contributed by atoms with Crippen LogP contribution in [-0.4, -0.2) is 51.1 Å². The van der Waals surface area contributed by atoms with E-state index in [1.54, 1.807) is 20.0 Å². The van der Waals surface area contributed by atoms with Crippen LogP contribution >= 0.6 is 0 Å². The monoisotopic (exact) mass is 278 g/mol. The molecule has 1 fully saturated rings. The summed E-state index contributed by atoms with van der Waals surface area (Å²) in [5.74, 6) is 1.34. The first-order valence-corrected chi connectivity index (χ1v) is 6.95. The molecule has 1 aromatic rings. The minimum Gasteiger partial charge on any atom is -0.385 e. The Balaban J connectivity index is 2.24. The van der Waals surface area contributed by atoms with Crippen LogP contribution in [0.3, 0.4) is 0 Å². The molecule has 2 rings (SSSR count). The van der Waals surface area contributed by atoms with Gasteiger partial charge in [0.05, 0.1) is 0 Å². The van der Waals surface area contributed by atoms with E-state index in [4.69, 9.17) is 0 Å².